The first kappa shape index (κ1) is 19.2. The lowest BCUT2D eigenvalue weighted by atomic mass is 9.81. The van der Waals surface area contributed by atoms with Gasteiger partial charge < -0.3 is 9.84 Å². The fourth-order valence-corrected chi connectivity index (χ4v) is 3.26. The predicted molar refractivity (Wildman–Crippen MR) is 92.0 cm³/mol. The third-order valence-corrected chi connectivity index (χ3v) is 4.41. The van der Waals surface area contributed by atoms with Gasteiger partial charge in [-0.1, -0.05) is 12.1 Å². The van der Waals surface area contributed by atoms with Gasteiger partial charge >= 0.3 is 12.1 Å². The molecule has 0 aromatic heterocycles. The van der Waals surface area contributed by atoms with Crippen LogP contribution in [0.1, 0.15) is 57.9 Å². The zero-order valence-corrected chi connectivity index (χ0v) is 15.0. The number of carboxylic acids is 1. The summed E-state index contributed by atoms with van der Waals surface area (Å²) in [6.07, 6.45) is 2.48. The van der Waals surface area contributed by atoms with E-state index in [0.29, 0.717) is 18.8 Å². The number of carboxylic acid groups (broad SMARTS) is 1. The molecule has 1 aliphatic carbocycles. The van der Waals surface area contributed by atoms with E-state index in [1.54, 1.807) is 32.9 Å². The number of carbonyl (C=O) groups is 2. The van der Waals surface area contributed by atoms with E-state index in [1.165, 1.54) is 17.0 Å². The van der Waals surface area contributed by atoms with Crippen molar-refractivity contribution in [1.82, 2.24) is 4.90 Å². The number of halogens is 1. The van der Waals surface area contributed by atoms with Gasteiger partial charge in [0.15, 0.2) is 0 Å². The first-order chi connectivity index (χ1) is 11.7. The normalized spacial score (nSPS) is 20.8. The van der Waals surface area contributed by atoms with Gasteiger partial charge in [0.05, 0.1) is 0 Å². The van der Waals surface area contributed by atoms with Gasteiger partial charge in [-0.2, -0.15) is 0 Å². The number of carbonyl (C=O) groups excluding carboxylic acids is 1. The summed E-state index contributed by atoms with van der Waals surface area (Å²) >= 11 is 0. The molecule has 1 aliphatic rings. The Morgan fingerprint density at radius 3 is 2.20 bits per heavy atom. The molecule has 0 radical (unpaired) electrons. The van der Waals surface area contributed by atoms with Crippen LogP contribution in [0.15, 0.2) is 24.3 Å². The molecular formula is C19H26FNO4. The molecule has 0 spiro atoms. The van der Waals surface area contributed by atoms with Crippen molar-refractivity contribution in [2.24, 2.45) is 0 Å². The third kappa shape index (κ3) is 5.73. The topological polar surface area (TPSA) is 66.8 Å². The Bertz CT molecular complexity index is 601. The van der Waals surface area contributed by atoms with Crippen molar-refractivity contribution in [2.45, 2.75) is 64.0 Å². The quantitative estimate of drug-likeness (QED) is 0.884. The van der Waals surface area contributed by atoms with E-state index in [0.717, 1.165) is 18.4 Å². The van der Waals surface area contributed by atoms with Crippen LogP contribution < -0.4 is 0 Å². The molecule has 0 bridgehead atoms. The minimum absolute atomic E-state index is 0.150. The van der Waals surface area contributed by atoms with E-state index in [1.807, 2.05) is 0 Å². The number of nitrogens with zero attached hydrogens (tertiary/aromatic N) is 1. The molecule has 1 N–H and O–H groups in total. The summed E-state index contributed by atoms with van der Waals surface area (Å²) in [6, 6.07) is 6.35. The fourth-order valence-electron chi connectivity index (χ4n) is 3.26. The highest BCUT2D eigenvalue weighted by atomic mass is 19.1. The minimum Gasteiger partial charge on any atom is -0.480 e. The van der Waals surface area contributed by atoms with Crippen LogP contribution in [0.4, 0.5) is 9.18 Å². The van der Waals surface area contributed by atoms with Gasteiger partial charge in [-0.3, -0.25) is 9.69 Å². The summed E-state index contributed by atoms with van der Waals surface area (Å²) in [5.41, 5.74) is 0.418. The minimum atomic E-state index is -1.05. The van der Waals surface area contributed by atoms with Gasteiger partial charge in [0.2, 0.25) is 0 Å². The molecule has 2 rings (SSSR count). The predicted octanol–water partition coefficient (Wildman–Crippen LogP) is 4.17. The average molecular weight is 351 g/mol. The molecule has 1 saturated carbocycles. The number of hydrogen-bond acceptors (Lipinski definition) is 3. The van der Waals surface area contributed by atoms with E-state index < -0.39 is 17.7 Å². The number of benzene rings is 1. The summed E-state index contributed by atoms with van der Waals surface area (Å²) in [4.78, 5) is 24.9. The highest BCUT2D eigenvalue weighted by Gasteiger charge is 2.33. The first-order valence-corrected chi connectivity index (χ1v) is 8.62. The van der Waals surface area contributed by atoms with Crippen LogP contribution in [-0.2, 0) is 9.53 Å². The van der Waals surface area contributed by atoms with Crippen molar-refractivity contribution >= 4 is 12.1 Å². The van der Waals surface area contributed by atoms with Crippen LogP contribution >= 0.6 is 0 Å². The molecule has 5 nitrogen and oxygen atoms in total. The largest absolute Gasteiger partial charge is 0.480 e. The molecule has 0 unspecified atom stereocenters. The second-order valence-electron chi connectivity index (χ2n) is 7.56. The second kappa shape index (κ2) is 7.85. The lowest BCUT2D eigenvalue weighted by Gasteiger charge is -2.37. The Kier molecular flexibility index (Phi) is 6.03. The molecule has 0 aliphatic heterocycles. The Hall–Kier alpha value is -2.11. The highest BCUT2D eigenvalue weighted by Crippen LogP contribution is 2.35. The van der Waals surface area contributed by atoms with Crippen molar-refractivity contribution < 1.29 is 23.8 Å². The van der Waals surface area contributed by atoms with E-state index in [2.05, 4.69) is 0 Å². The maximum absolute atomic E-state index is 13.1. The molecule has 0 heterocycles. The van der Waals surface area contributed by atoms with Crippen LogP contribution in [0.3, 0.4) is 0 Å². The van der Waals surface area contributed by atoms with Crippen LogP contribution in [0, 0.1) is 5.82 Å². The van der Waals surface area contributed by atoms with E-state index >= 15 is 0 Å². The van der Waals surface area contributed by atoms with Gasteiger partial charge in [0.1, 0.15) is 18.0 Å². The molecule has 1 aromatic rings. The standard InChI is InChI=1S/C19H26FNO4/c1-19(2,3)25-18(24)21(12-17(22)23)16-10-6-14(7-11-16)13-4-8-15(20)9-5-13/h4-5,8-9,14,16H,6-7,10-12H2,1-3H3,(H,22,23). The van der Waals surface area contributed by atoms with Gasteiger partial charge in [0.25, 0.3) is 0 Å². The van der Waals surface area contributed by atoms with Crippen molar-refractivity contribution in [1.29, 1.82) is 0 Å². The molecule has 1 aromatic carbocycles. The molecular weight excluding hydrogens is 325 g/mol. The van der Waals surface area contributed by atoms with Crippen LogP contribution in [0.2, 0.25) is 0 Å². The maximum atomic E-state index is 13.1. The Morgan fingerprint density at radius 2 is 1.72 bits per heavy atom. The second-order valence-corrected chi connectivity index (χ2v) is 7.56. The lowest BCUT2D eigenvalue weighted by molar-refractivity contribution is -0.139. The van der Waals surface area contributed by atoms with E-state index in [4.69, 9.17) is 9.84 Å². The summed E-state index contributed by atoms with van der Waals surface area (Å²) in [6.45, 7) is 4.92. The average Bonchev–Trinajstić information content (AvgIpc) is 2.52. The number of ether oxygens (including phenoxy) is 1. The summed E-state index contributed by atoms with van der Waals surface area (Å²) < 4.78 is 18.4. The highest BCUT2D eigenvalue weighted by molar-refractivity contribution is 5.77. The smallest absolute Gasteiger partial charge is 0.411 e. The van der Waals surface area contributed by atoms with Crippen molar-refractivity contribution in [3.05, 3.63) is 35.6 Å². The summed E-state index contributed by atoms with van der Waals surface area (Å²) in [5.74, 6) is -0.997. The van der Waals surface area contributed by atoms with Gasteiger partial charge in [-0.25, -0.2) is 9.18 Å². The number of rotatable bonds is 4. The van der Waals surface area contributed by atoms with Crippen molar-refractivity contribution in [2.75, 3.05) is 6.54 Å². The molecule has 25 heavy (non-hydrogen) atoms. The molecule has 0 saturated heterocycles. The Balaban J connectivity index is 2.02. The van der Waals surface area contributed by atoms with Crippen molar-refractivity contribution in [3.63, 3.8) is 0 Å². The van der Waals surface area contributed by atoms with Crippen molar-refractivity contribution in [3.8, 4) is 0 Å². The molecule has 138 valence electrons. The summed E-state index contributed by atoms with van der Waals surface area (Å²) in [7, 11) is 0. The number of hydrogen-bond donors (Lipinski definition) is 1. The first-order valence-electron chi connectivity index (χ1n) is 8.62. The van der Waals surface area contributed by atoms with Gasteiger partial charge in [0, 0.05) is 6.04 Å². The Morgan fingerprint density at radius 1 is 1.16 bits per heavy atom. The third-order valence-electron chi connectivity index (χ3n) is 4.41. The maximum Gasteiger partial charge on any atom is 0.411 e. The van der Waals surface area contributed by atoms with E-state index in [-0.39, 0.29) is 18.4 Å². The van der Waals surface area contributed by atoms with Gasteiger partial charge in [-0.15, -0.1) is 0 Å². The molecule has 6 heteroatoms. The molecule has 0 atom stereocenters. The number of aliphatic carboxylic acids is 1. The molecule has 1 amide bonds. The SMILES string of the molecule is CC(C)(C)OC(=O)N(CC(=O)O)C1CCC(c2ccc(F)cc2)CC1. The zero-order chi connectivity index (χ0) is 18.6. The van der Waals surface area contributed by atoms with Crippen LogP contribution in [0.5, 0.6) is 0 Å². The Labute approximate surface area is 147 Å². The van der Waals surface area contributed by atoms with Crippen LogP contribution in [-0.4, -0.2) is 40.3 Å². The molecule has 1 fully saturated rings. The zero-order valence-electron chi connectivity index (χ0n) is 15.0. The summed E-state index contributed by atoms with van der Waals surface area (Å²) in [5, 5.41) is 9.13. The fraction of sp³-hybridized carbons (Fsp3) is 0.579. The van der Waals surface area contributed by atoms with E-state index in [9.17, 15) is 14.0 Å². The monoisotopic (exact) mass is 351 g/mol. The number of amides is 1. The van der Waals surface area contributed by atoms with Gasteiger partial charge in [-0.05, 0) is 70.1 Å². The lowest BCUT2D eigenvalue weighted by Crippen LogP contribution is -2.47. The van der Waals surface area contributed by atoms with Crippen LogP contribution in [0.25, 0.3) is 0 Å².